The summed E-state index contributed by atoms with van der Waals surface area (Å²) in [4.78, 5) is 35.7. The van der Waals surface area contributed by atoms with E-state index in [4.69, 9.17) is 4.74 Å². The molecule has 2 atom stereocenters. The van der Waals surface area contributed by atoms with Gasteiger partial charge >= 0.3 is 5.97 Å². The lowest BCUT2D eigenvalue weighted by Gasteiger charge is -2.43. The van der Waals surface area contributed by atoms with E-state index in [1.165, 1.54) is 0 Å². The molecule has 5 rings (SSSR count). The van der Waals surface area contributed by atoms with Crippen LogP contribution in [-0.4, -0.2) is 42.0 Å². The van der Waals surface area contributed by atoms with Crippen LogP contribution in [0.3, 0.4) is 0 Å². The molecule has 1 aliphatic carbocycles. The van der Waals surface area contributed by atoms with Gasteiger partial charge in [0, 0.05) is 24.2 Å². The number of phenolic OH excluding ortho intramolecular Hbond substituents is 1. The van der Waals surface area contributed by atoms with E-state index < -0.39 is 17.5 Å². The minimum absolute atomic E-state index is 0.107. The predicted octanol–water partition coefficient (Wildman–Crippen LogP) is 4.25. The molecule has 2 fully saturated rings. The first kappa shape index (κ1) is 24.4. The topological polar surface area (TPSA) is 107 Å². The second-order valence-corrected chi connectivity index (χ2v) is 10.5. The summed E-state index contributed by atoms with van der Waals surface area (Å²) in [5.41, 5.74) is 2.89. The number of benzene rings is 1. The molecule has 1 aliphatic heterocycles. The number of phenols is 1. The number of aromatic hydroxyl groups is 1. The normalized spacial score (nSPS) is 22.9. The molecule has 0 bridgehead atoms. The van der Waals surface area contributed by atoms with Crippen LogP contribution >= 0.6 is 0 Å². The Balaban J connectivity index is 1.37. The summed E-state index contributed by atoms with van der Waals surface area (Å²) in [6.07, 6.45) is 6.32. The summed E-state index contributed by atoms with van der Waals surface area (Å²) in [5.74, 6) is -0.207. The molecule has 2 aromatic heterocycles. The van der Waals surface area contributed by atoms with Crippen LogP contribution in [0.15, 0.2) is 24.3 Å². The number of ketones is 1. The van der Waals surface area contributed by atoms with E-state index in [0.29, 0.717) is 24.4 Å². The lowest BCUT2D eigenvalue weighted by Crippen LogP contribution is -2.52. The number of ether oxygens (including phenoxy) is 1. The fraction of sp³-hybridized carbons (Fsp3) is 0.536. The number of cyclic esters (lactones) is 1. The highest BCUT2D eigenvalue weighted by Crippen LogP contribution is 2.45. The van der Waals surface area contributed by atoms with Crippen molar-refractivity contribution in [2.75, 3.05) is 0 Å². The first-order valence-corrected chi connectivity index (χ1v) is 13.0. The Bertz CT molecular complexity index is 1290. The number of nitrogens with zero attached hydrogens (tertiary/aromatic N) is 4. The van der Waals surface area contributed by atoms with Crippen LogP contribution in [0.25, 0.3) is 5.78 Å². The van der Waals surface area contributed by atoms with Gasteiger partial charge in [0.15, 0.2) is 11.6 Å². The minimum Gasteiger partial charge on any atom is -0.508 e. The van der Waals surface area contributed by atoms with E-state index in [-0.39, 0.29) is 30.3 Å². The Hall–Kier alpha value is -3.29. The van der Waals surface area contributed by atoms with E-state index in [2.05, 4.69) is 22.0 Å². The Kier molecular flexibility index (Phi) is 6.53. The van der Waals surface area contributed by atoms with Gasteiger partial charge in [0.05, 0.1) is 0 Å². The number of hydrogen-bond donors (Lipinski definition) is 1. The molecule has 2 aliphatic rings. The molecule has 8 nitrogen and oxygen atoms in total. The number of aromatic nitrogens is 4. The van der Waals surface area contributed by atoms with Gasteiger partial charge in [-0.2, -0.15) is 4.98 Å². The molecular weight excluding hydrogens is 456 g/mol. The van der Waals surface area contributed by atoms with Gasteiger partial charge in [0.1, 0.15) is 17.3 Å². The Labute approximate surface area is 211 Å². The van der Waals surface area contributed by atoms with Crippen LogP contribution in [-0.2, 0) is 33.6 Å². The van der Waals surface area contributed by atoms with E-state index in [1.54, 1.807) is 10.6 Å². The number of hydrogen-bond acceptors (Lipinski definition) is 7. The first-order valence-electron chi connectivity index (χ1n) is 13.0. The molecule has 0 amide bonds. The van der Waals surface area contributed by atoms with Crippen molar-refractivity contribution in [3.63, 3.8) is 0 Å². The Morgan fingerprint density at radius 2 is 1.92 bits per heavy atom. The van der Waals surface area contributed by atoms with Crippen molar-refractivity contribution in [2.45, 2.75) is 84.2 Å². The summed E-state index contributed by atoms with van der Waals surface area (Å²) in [7, 11) is 0. The zero-order valence-electron chi connectivity index (χ0n) is 21.3. The van der Waals surface area contributed by atoms with Crippen molar-refractivity contribution in [3.05, 3.63) is 52.6 Å². The number of fused-ring (bicyclic) bond motifs is 1. The highest BCUT2D eigenvalue weighted by molar-refractivity contribution is 6.01. The molecule has 0 radical (unpaired) electrons. The average Bonchev–Trinajstić information content (AvgIpc) is 3.52. The number of rotatable bonds is 7. The maximum Gasteiger partial charge on any atom is 0.317 e. The van der Waals surface area contributed by atoms with Crippen LogP contribution in [0.5, 0.6) is 5.75 Å². The van der Waals surface area contributed by atoms with Crippen molar-refractivity contribution in [3.8, 4) is 5.75 Å². The van der Waals surface area contributed by atoms with Crippen LogP contribution in [0, 0.1) is 25.7 Å². The second-order valence-electron chi connectivity index (χ2n) is 10.5. The number of carbonyl (C=O) groups excluding carboxylic acids is 2. The molecule has 8 heteroatoms. The number of Topliss-reactive ketones (excluding diaryl/α,β-unsaturated/α-hetero) is 1. The molecule has 1 saturated heterocycles. The standard InChI is InChI=1S/C28H34N4O4/c1-4-19-9-10-23(33)20(14-19)11-12-28(21-7-5-6-8-21)16-24(34)22(26(35)36-28)15-25-30-27-29-17(2)13-18(3)32(27)31-25/h9-10,13-14,21-22,33H,4-8,11-12,15-16H2,1-3H3. The molecule has 0 spiro atoms. The molecule has 36 heavy (non-hydrogen) atoms. The highest BCUT2D eigenvalue weighted by Gasteiger charge is 2.51. The molecule has 1 aromatic carbocycles. The number of aryl methyl sites for hydroxylation is 4. The largest absolute Gasteiger partial charge is 0.508 e. The van der Waals surface area contributed by atoms with Crippen molar-refractivity contribution < 1.29 is 19.4 Å². The third-order valence-electron chi connectivity index (χ3n) is 7.97. The molecule has 1 N–H and O–H groups in total. The van der Waals surface area contributed by atoms with Gasteiger partial charge in [-0.3, -0.25) is 9.59 Å². The second kappa shape index (κ2) is 9.64. The van der Waals surface area contributed by atoms with E-state index in [1.807, 2.05) is 32.0 Å². The smallest absolute Gasteiger partial charge is 0.317 e. The van der Waals surface area contributed by atoms with E-state index in [9.17, 15) is 14.7 Å². The van der Waals surface area contributed by atoms with Crippen LogP contribution in [0.1, 0.15) is 73.8 Å². The van der Waals surface area contributed by atoms with Gasteiger partial charge in [0.25, 0.3) is 5.78 Å². The van der Waals surface area contributed by atoms with Gasteiger partial charge in [-0.15, -0.1) is 5.10 Å². The van der Waals surface area contributed by atoms with Gasteiger partial charge in [-0.05, 0) is 75.1 Å². The maximum absolute atomic E-state index is 13.5. The quantitative estimate of drug-likeness (QED) is 0.390. The molecular formula is C28H34N4O4. The predicted molar refractivity (Wildman–Crippen MR) is 134 cm³/mol. The molecule has 3 heterocycles. The Morgan fingerprint density at radius 1 is 1.14 bits per heavy atom. The Morgan fingerprint density at radius 3 is 2.64 bits per heavy atom. The van der Waals surface area contributed by atoms with Gasteiger partial charge in [-0.25, -0.2) is 9.50 Å². The monoisotopic (exact) mass is 490 g/mol. The molecule has 2 unspecified atom stereocenters. The molecule has 190 valence electrons. The maximum atomic E-state index is 13.5. The number of esters is 1. The zero-order valence-corrected chi connectivity index (χ0v) is 21.3. The summed E-state index contributed by atoms with van der Waals surface area (Å²) < 4.78 is 7.87. The summed E-state index contributed by atoms with van der Waals surface area (Å²) in [6, 6.07) is 7.58. The van der Waals surface area contributed by atoms with Gasteiger partial charge in [0.2, 0.25) is 0 Å². The highest BCUT2D eigenvalue weighted by atomic mass is 16.6. The van der Waals surface area contributed by atoms with Crippen molar-refractivity contribution in [1.29, 1.82) is 0 Å². The third-order valence-corrected chi connectivity index (χ3v) is 7.97. The molecule has 1 saturated carbocycles. The summed E-state index contributed by atoms with van der Waals surface area (Å²) in [6.45, 7) is 5.89. The van der Waals surface area contributed by atoms with Crippen molar-refractivity contribution >= 4 is 17.5 Å². The summed E-state index contributed by atoms with van der Waals surface area (Å²) in [5, 5.41) is 14.9. The third kappa shape index (κ3) is 4.61. The van der Waals surface area contributed by atoms with E-state index in [0.717, 1.165) is 54.6 Å². The van der Waals surface area contributed by atoms with Crippen LogP contribution in [0.4, 0.5) is 0 Å². The average molecular weight is 491 g/mol. The minimum atomic E-state index is -0.907. The van der Waals surface area contributed by atoms with E-state index >= 15 is 0 Å². The fourth-order valence-electron chi connectivity index (χ4n) is 5.96. The lowest BCUT2D eigenvalue weighted by molar-refractivity contribution is -0.185. The fourth-order valence-corrected chi connectivity index (χ4v) is 5.96. The van der Waals surface area contributed by atoms with Crippen LogP contribution < -0.4 is 0 Å². The number of carbonyl (C=O) groups is 2. The zero-order chi connectivity index (χ0) is 25.4. The lowest BCUT2D eigenvalue weighted by atomic mass is 9.73. The first-order chi connectivity index (χ1) is 17.3. The van der Waals surface area contributed by atoms with Crippen molar-refractivity contribution in [1.82, 2.24) is 19.6 Å². The molecule has 3 aromatic rings. The van der Waals surface area contributed by atoms with Gasteiger partial charge in [-0.1, -0.05) is 31.9 Å². The van der Waals surface area contributed by atoms with Crippen molar-refractivity contribution in [2.24, 2.45) is 11.8 Å². The SMILES string of the molecule is CCc1ccc(O)c(CCC2(C3CCCC3)CC(=O)C(Cc3nc4nc(C)cc(C)n4n3)C(=O)O2)c1. The van der Waals surface area contributed by atoms with Crippen LogP contribution in [0.2, 0.25) is 0 Å². The summed E-state index contributed by atoms with van der Waals surface area (Å²) >= 11 is 0. The van der Waals surface area contributed by atoms with Gasteiger partial charge < -0.3 is 9.84 Å².